The molecule has 1 aromatic rings. The van der Waals surface area contributed by atoms with Crippen LogP contribution in [0.15, 0.2) is 23.1 Å². The molecule has 1 aromatic carbocycles. The van der Waals surface area contributed by atoms with E-state index in [9.17, 15) is 9.59 Å². The van der Waals surface area contributed by atoms with Crippen molar-refractivity contribution in [2.45, 2.75) is 30.4 Å². The third-order valence-electron chi connectivity index (χ3n) is 3.16. The lowest BCUT2D eigenvalue weighted by Gasteiger charge is -2.33. The van der Waals surface area contributed by atoms with Crippen molar-refractivity contribution in [3.8, 4) is 0 Å². The number of β-amino-alcohol motifs (C(OH)–C–C–N with tert-alkyl or cyclic N) is 1. The van der Waals surface area contributed by atoms with Crippen molar-refractivity contribution in [3.05, 3.63) is 23.8 Å². The summed E-state index contributed by atoms with van der Waals surface area (Å²) in [5, 5.41) is 8.97. The SMILES string of the molecule is CCC1Sc2cc(C(C)=O)ccc2N(CCO)C1=O. The topological polar surface area (TPSA) is 57.6 Å². The van der Waals surface area contributed by atoms with E-state index in [1.54, 1.807) is 17.0 Å². The minimum absolute atomic E-state index is 0.0158. The van der Waals surface area contributed by atoms with E-state index in [1.165, 1.54) is 18.7 Å². The highest BCUT2D eigenvalue weighted by atomic mass is 32.2. The van der Waals surface area contributed by atoms with Gasteiger partial charge in [0.1, 0.15) is 0 Å². The molecule has 1 heterocycles. The van der Waals surface area contributed by atoms with Crippen molar-refractivity contribution in [3.63, 3.8) is 0 Å². The van der Waals surface area contributed by atoms with Gasteiger partial charge in [0.05, 0.1) is 17.5 Å². The van der Waals surface area contributed by atoms with E-state index >= 15 is 0 Å². The fourth-order valence-corrected chi connectivity index (χ4v) is 3.33. The monoisotopic (exact) mass is 279 g/mol. The summed E-state index contributed by atoms with van der Waals surface area (Å²) in [6, 6.07) is 5.35. The molecule has 1 atom stereocenters. The molecule has 1 aliphatic rings. The number of hydrogen-bond acceptors (Lipinski definition) is 4. The Balaban J connectivity index is 2.45. The summed E-state index contributed by atoms with van der Waals surface area (Å²) in [6.07, 6.45) is 0.731. The molecule has 0 bridgehead atoms. The van der Waals surface area contributed by atoms with Gasteiger partial charge in [-0.1, -0.05) is 6.92 Å². The summed E-state index contributed by atoms with van der Waals surface area (Å²) >= 11 is 1.50. The number of thioether (sulfide) groups is 1. The predicted molar refractivity (Wildman–Crippen MR) is 75.8 cm³/mol. The molecular weight excluding hydrogens is 262 g/mol. The van der Waals surface area contributed by atoms with Crippen LogP contribution in [0.4, 0.5) is 5.69 Å². The van der Waals surface area contributed by atoms with Crippen LogP contribution in [0.25, 0.3) is 0 Å². The van der Waals surface area contributed by atoms with Crippen molar-refractivity contribution in [1.29, 1.82) is 0 Å². The highest BCUT2D eigenvalue weighted by Gasteiger charge is 2.32. The van der Waals surface area contributed by atoms with Gasteiger partial charge in [0.15, 0.2) is 5.78 Å². The maximum atomic E-state index is 12.3. The van der Waals surface area contributed by atoms with Gasteiger partial charge in [0, 0.05) is 17.0 Å². The number of ketones is 1. The molecule has 1 amide bonds. The quantitative estimate of drug-likeness (QED) is 0.858. The minimum Gasteiger partial charge on any atom is -0.395 e. The van der Waals surface area contributed by atoms with E-state index in [2.05, 4.69) is 0 Å². The van der Waals surface area contributed by atoms with Crippen LogP contribution in [0.2, 0.25) is 0 Å². The number of hydrogen-bond donors (Lipinski definition) is 1. The first-order valence-corrected chi connectivity index (χ1v) is 7.20. The molecule has 102 valence electrons. The number of rotatable bonds is 4. The van der Waals surface area contributed by atoms with Gasteiger partial charge in [0.2, 0.25) is 5.91 Å². The number of Topliss-reactive ketones (excluding diaryl/α,β-unsaturated/α-hetero) is 1. The molecule has 1 N–H and O–H groups in total. The molecule has 1 aliphatic heterocycles. The molecule has 0 fully saturated rings. The number of aliphatic hydroxyl groups excluding tert-OH is 1. The lowest BCUT2D eigenvalue weighted by atomic mass is 10.1. The summed E-state index contributed by atoms with van der Waals surface area (Å²) in [5.41, 5.74) is 1.44. The van der Waals surface area contributed by atoms with Crippen molar-refractivity contribution in [2.24, 2.45) is 0 Å². The first kappa shape index (κ1) is 14.1. The third-order valence-corrected chi connectivity index (χ3v) is 4.56. The Bertz CT molecular complexity index is 515. The van der Waals surface area contributed by atoms with Crippen LogP contribution in [-0.2, 0) is 4.79 Å². The van der Waals surface area contributed by atoms with Gasteiger partial charge < -0.3 is 10.0 Å². The van der Waals surface area contributed by atoms with Crippen molar-refractivity contribution in [1.82, 2.24) is 0 Å². The summed E-state index contributed by atoms with van der Waals surface area (Å²) in [6.45, 7) is 3.72. The predicted octanol–water partition coefficient (Wildman–Crippen LogP) is 2.10. The number of fused-ring (bicyclic) bond motifs is 1. The molecular formula is C14H17NO3S. The van der Waals surface area contributed by atoms with Crippen LogP contribution in [0.3, 0.4) is 0 Å². The standard InChI is InChI=1S/C14H17NO3S/c1-3-12-14(18)15(6-7-16)11-5-4-10(9(2)17)8-13(11)19-12/h4-5,8,12,16H,3,6-7H2,1-2H3. The van der Waals surface area contributed by atoms with E-state index in [0.29, 0.717) is 12.1 Å². The molecule has 4 nitrogen and oxygen atoms in total. The second kappa shape index (κ2) is 5.75. The van der Waals surface area contributed by atoms with Gasteiger partial charge in [-0.3, -0.25) is 9.59 Å². The number of benzene rings is 1. The second-order valence-electron chi connectivity index (χ2n) is 4.47. The molecule has 1 unspecified atom stereocenters. The zero-order chi connectivity index (χ0) is 14.0. The largest absolute Gasteiger partial charge is 0.395 e. The average Bonchev–Trinajstić information content (AvgIpc) is 2.41. The lowest BCUT2D eigenvalue weighted by Crippen LogP contribution is -2.42. The van der Waals surface area contributed by atoms with Gasteiger partial charge in [0.25, 0.3) is 0 Å². The minimum atomic E-state index is -0.138. The van der Waals surface area contributed by atoms with Gasteiger partial charge in [-0.15, -0.1) is 11.8 Å². The molecule has 0 saturated carbocycles. The second-order valence-corrected chi connectivity index (χ2v) is 5.71. The third kappa shape index (κ3) is 2.67. The molecule has 19 heavy (non-hydrogen) atoms. The van der Waals surface area contributed by atoms with E-state index in [4.69, 9.17) is 5.11 Å². The first-order valence-electron chi connectivity index (χ1n) is 6.32. The molecule has 0 radical (unpaired) electrons. The number of amides is 1. The summed E-state index contributed by atoms with van der Waals surface area (Å²) < 4.78 is 0. The molecule has 0 spiro atoms. The Kier molecular flexibility index (Phi) is 4.27. The van der Waals surface area contributed by atoms with Crippen molar-refractivity contribution < 1.29 is 14.7 Å². The number of anilines is 1. The molecule has 2 rings (SSSR count). The number of nitrogens with zero attached hydrogens (tertiary/aromatic N) is 1. The van der Waals surface area contributed by atoms with Gasteiger partial charge in [-0.25, -0.2) is 0 Å². The Hall–Kier alpha value is -1.33. The number of carbonyl (C=O) groups excluding carboxylic acids is 2. The maximum absolute atomic E-state index is 12.3. The van der Waals surface area contributed by atoms with Crippen LogP contribution in [-0.4, -0.2) is 35.2 Å². The summed E-state index contributed by atoms with van der Waals surface area (Å²) in [5.74, 6) is 0.0479. The zero-order valence-electron chi connectivity index (χ0n) is 11.0. The van der Waals surface area contributed by atoms with E-state index in [-0.39, 0.29) is 23.5 Å². The van der Waals surface area contributed by atoms with E-state index in [1.807, 2.05) is 13.0 Å². The highest BCUT2D eigenvalue weighted by Crippen LogP contribution is 2.40. The van der Waals surface area contributed by atoms with Crippen LogP contribution in [0.1, 0.15) is 30.6 Å². The van der Waals surface area contributed by atoms with Crippen LogP contribution in [0.5, 0.6) is 0 Å². The fourth-order valence-electron chi connectivity index (χ4n) is 2.14. The van der Waals surface area contributed by atoms with E-state index in [0.717, 1.165) is 17.0 Å². The van der Waals surface area contributed by atoms with Gasteiger partial charge in [-0.2, -0.15) is 0 Å². The van der Waals surface area contributed by atoms with Gasteiger partial charge in [-0.05, 0) is 31.5 Å². The molecule has 0 aliphatic carbocycles. The Morgan fingerprint density at radius 2 is 2.21 bits per heavy atom. The van der Waals surface area contributed by atoms with E-state index < -0.39 is 0 Å². The highest BCUT2D eigenvalue weighted by molar-refractivity contribution is 8.01. The zero-order valence-corrected chi connectivity index (χ0v) is 11.9. The smallest absolute Gasteiger partial charge is 0.240 e. The van der Waals surface area contributed by atoms with Crippen LogP contribution >= 0.6 is 11.8 Å². The average molecular weight is 279 g/mol. The first-order chi connectivity index (χ1) is 9.08. The van der Waals surface area contributed by atoms with Gasteiger partial charge >= 0.3 is 0 Å². The fraction of sp³-hybridized carbons (Fsp3) is 0.429. The Morgan fingerprint density at radius 1 is 1.47 bits per heavy atom. The maximum Gasteiger partial charge on any atom is 0.240 e. The number of carbonyl (C=O) groups is 2. The Morgan fingerprint density at radius 3 is 2.79 bits per heavy atom. The molecule has 0 aromatic heterocycles. The van der Waals surface area contributed by atoms with Crippen LogP contribution < -0.4 is 4.90 Å². The number of aliphatic hydroxyl groups is 1. The lowest BCUT2D eigenvalue weighted by molar-refractivity contribution is -0.118. The Labute approximate surface area is 116 Å². The van der Waals surface area contributed by atoms with Crippen LogP contribution in [0, 0.1) is 0 Å². The molecule has 0 saturated heterocycles. The van der Waals surface area contributed by atoms with Crippen molar-refractivity contribution >= 4 is 29.1 Å². The molecule has 5 heteroatoms. The van der Waals surface area contributed by atoms with Crippen molar-refractivity contribution in [2.75, 3.05) is 18.1 Å². The summed E-state index contributed by atoms with van der Waals surface area (Å²) in [4.78, 5) is 26.2. The normalized spacial score (nSPS) is 18.4. The summed E-state index contributed by atoms with van der Waals surface area (Å²) in [7, 11) is 0.